The van der Waals surface area contributed by atoms with Gasteiger partial charge in [-0.2, -0.15) is 0 Å². The highest BCUT2D eigenvalue weighted by molar-refractivity contribution is 6.14. The number of carbonyl (C=O) groups is 1. The van der Waals surface area contributed by atoms with Gasteiger partial charge in [-0.15, -0.1) is 0 Å². The van der Waals surface area contributed by atoms with Crippen LogP contribution in [0.3, 0.4) is 0 Å². The Morgan fingerprint density at radius 2 is 1.90 bits per heavy atom. The number of likely N-dealkylation sites (N-methyl/N-ethyl adjacent to an activating group) is 1. The minimum atomic E-state index is -0.0495. The van der Waals surface area contributed by atoms with Gasteiger partial charge in [0.2, 0.25) is 0 Å². The van der Waals surface area contributed by atoms with Crippen LogP contribution in [0, 0.1) is 6.92 Å². The molecule has 4 rings (SSSR count). The molecule has 0 saturated carbocycles. The average molecular weight is 417 g/mol. The number of rotatable bonds is 6. The molecule has 31 heavy (non-hydrogen) atoms. The number of benzene rings is 2. The van der Waals surface area contributed by atoms with Crippen molar-refractivity contribution in [3.63, 3.8) is 0 Å². The molecule has 0 spiro atoms. The van der Waals surface area contributed by atoms with E-state index in [9.17, 15) is 4.79 Å². The second kappa shape index (κ2) is 9.06. The quantitative estimate of drug-likeness (QED) is 0.613. The zero-order chi connectivity index (χ0) is 22.0. The lowest BCUT2D eigenvalue weighted by Crippen LogP contribution is -2.33. The molecule has 1 aliphatic rings. The third-order valence-electron chi connectivity index (χ3n) is 6.39. The van der Waals surface area contributed by atoms with E-state index in [2.05, 4.69) is 54.9 Å². The molecule has 2 heterocycles. The Morgan fingerprint density at radius 1 is 1.13 bits per heavy atom. The van der Waals surface area contributed by atoms with E-state index >= 15 is 0 Å². The van der Waals surface area contributed by atoms with Crippen molar-refractivity contribution in [1.82, 2.24) is 9.88 Å². The highest BCUT2D eigenvalue weighted by atomic mass is 16.1. The van der Waals surface area contributed by atoms with Crippen LogP contribution in [0.4, 0.5) is 11.4 Å². The number of aromatic nitrogens is 1. The van der Waals surface area contributed by atoms with Crippen molar-refractivity contribution in [1.29, 1.82) is 0 Å². The van der Waals surface area contributed by atoms with Gasteiger partial charge in [0, 0.05) is 60.6 Å². The molecule has 5 nitrogen and oxygen atoms in total. The second-order valence-corrected chi connectivity index (χ2v) is 8.17. The second-order valence-electron chi connectivity index (χ2n) is 8.17. The number of carbonyl (C=O) groups excluding carboxylic acids is 1. The lowest BCUT2D eigenvalue weighted by molar-refractivity contribution is 0.102. The van der Waals surface area contributed by atoms with Crippen LogP contribution in [-0.4, -0.2) is 42.0 Å². The Morgan fingerprint density at radius 3 is 2.61 bits per heavy atom. The average Bonchev–Trinajstić information content (AvgIpc) is 2.79. The fourth-order valence-corrected chi connectivity index (χ4v) is 4.53. The maximum absolute atomic E-state index is 13.6. The van der Waals surface area contributed by atoms with Crippen molar-refractivity contribution in [2.45, 2.75) is 40.7 Å². The summed E-state index contributed by atoms with van der Waals surface area (Å²) in [6, 6.07) is 14.3. The number of nitrogens with one attached hydrogen (secondary N) is 1. The van der Waals surface area contributed by atoms with E-state index in [0.29, 0.717) is 0 Å². The van der Waals surface area contributed by atoms with Crippen LogP contribution in [-0.2, 0) is 13.0 Å². The molecule has 0 radical (unpaired) electrons. The fourth-order valence-electron chi connectivity index (χ4n) is 4.53. The maximum Gasteiger partial charge on any atom is 0.256 e. The van der Waals surface area contributed by atoms with Gasteiger partial charge >= 0.3 is 0 Å². The maximum atomic E-state index is 13.6. The predicted molar refractivity (Wildman–Crippen MR) is 129 cm³/mol. The highest BCUT2D eigenvalue weighted by Gasteiger charge is 2.25. The number of amides is 1. The van der Waals surface area contributed by atoms with E-state index in [4.69, 9.17) is 4.98 Å². The molecule has 1 N–H and O–H groups in total. The molecule has 3 aromatic rings. The largest absolute Gasteiger partial charge is 0.372 e. The van der Waals surface area contributed by atoms with E-state index in [1.807, 2.05) is 30.3 Å². The first-order chi connectivity index (χ1) is 15.0. The molecule has 5 heteroatoms. The number of hydrogen-bond donors (Lipinski definition) is 1. The van der Waals surface area contributed by atoms with Crippen molar-refractivity contribution in [3.05, 3.63) is 64.8 Å². The van der Waals surface area contributed by atoms with Gasteiger partial charge in [0.1, 0.15) is 0 Å². The van der Waals surface area contributed by atoms with Gasteiger partial charge in [0.05, 0.1) is 11.1 Å². The number of fused-ring (bicyclic) bond motifs is 2. The van der Waals surface area contributed by atoms with Gasteiger partial charge in [-0.3, -0.25) is 14.7 Å². The Hall–Kier alpha value is -2.92. The standard InChI is InChI=1S/C26H32N4O/c1-5-29-15-14-24-21(17-29)25(20-10-8-9-11-23(20)27-24)26(31)28-22-13-12-19(16-18(22)4)30(6-2)7-3/h8-13,16H,5-7,14-15,17H2,1-4H3,(H,28,31). The van der Waals surface area contributed by atoms with Crippen molar-refractivity contribution >= 4 is 28.2 Å². The molecule has 0 atom stereocenters. The summed E-state index contributed by atoms with van der Waals surface area (Å²) in [5.74, 6) is -0.0495. The summed E-state index contributed by atoms with van der Waals surface area (Å²) < 4.78 is 0. The van der Waals surface area contributed by atoms with Crippen LogP contribution in [0.2, 0.25) is 0 Å². The van der Waals surface area contributed by atoms with Crippen molar-refractivity contribution in [3.8, 4) is 0 Å². The van der Waals surface area contributed by atoms with E-state index in [1.54, 1.807) is 0 Å². The Kier molecular flexibility index (Phi) is 6.23. The lowest BCUT2D eigenvalue weighted by Gasteiger charge is -2.29. The third kappa shape index (κ3) is 4.15. The Labute approximate surface area is 185 Å². The highest BCUT2D eigenvalue weighted by Crippen LogP contribution is 2.30. The summed E-state index contributed by atoms with van der Waals surface area (Å²) in [5.41, 5.74) is 6.91. The summed E-state index contributed by atoms with van der Waals surface area (Å²) in [7, 11) is 0. The molecule has 1 amide bonds. The summed E-state index contributed by atoms with van der Waals surface area (Å²) in [6.07, 6.45) is 0.881. The molecule has 2 aromatic carbocycles. The number of para-hydroxylation sites is 1. The third-order valence-corrected chi connectivity index (χ3v) is 6.39. The summed E-state index contributed by atoms with van der Waals surface area (Å²) >= 11 is 0. The van der Waals surface area contributed by atoms with E-state index < -0.39 is 0 Å². The van der Waals surface area contributed by atoms with E-state index in [1.165, 1.54) is 5.69 Å². The first-order valence-electron chi connectivity index (χ1n) is 11.3. The Balaban J connectivity index is 1.73. The summed E-state index contributed by atoms with van der Waals surface area (Å²) in [4.78, 5) is 23.2. The number of anilines is 2. The summed E-state index contributed by atoms with van der Waals surface area (Å²) in [5, 5.41) is 4.13. The number of pyridine rings is 1. The minimum absolute atomic E-state index is 0.0495. The van der Waals surface area contributed by atoms with Gasteiger partial charge in [-0.25, -0.2) is 0 Å². The first-order valence-corrected chi connectivity index (χ1v) is 11.3. The van der Waals surface area contributed by atoms with Crippen molar-refractivity contribution < 1.29 is 4.79 Å². The normalized spacial score (nSPS) is 13.8. The molecule has 0 saturated heterocycles. The fraction of sp³-hybridized carbons (Fsp3) is 0.385. The first kappa shape index (κ1) is 21.3. The molecule has 0 fully saturated rings. The van der Waals surface area contributed by atoms with Gasteiger partial charge in [-0.05, 0) is 57.1 Å². The SMILES string of the molecule is CCN1CCc2nc3ccccc3c(C(=O)Nc3ccc(N(CC)CC)cc3C)c2C1. The molecule has 0 bridgehead atoms. The molecule has 0 unspecified atom stereocenters. The number of nitrogens with zero attached hydrogens (tertiary/aromatic N) is 3. The lowest BCUT2D eigenvalue weighted by atomic mass is 9.95. The molecule has 1 aliphatic heterocycles. The van der Waals surface area contributed by atoms with Gasteiger partial charge in [0.15, 0.2) is 0 Å². The van der Waals surface area contributed by atoms with Crippen LogP contribution < -0.4 is 10.2 Å². The van der Waals surface area contributed by atoms with Crippen LogP contribution in [0.5, 0.6) is 0 Å². The molecule has 162 valence electrons. The molecule has 0 aliphatic carbocycles. The van der Waals surface area contributed by atoms with Gasteiger partial charge in [0.25, 0.3) is 5.91 Å². The summed E-state index contributed by atoms with van der Waals surface area (Å²) in [6.45, 7) is 13.2. The molecular weight excluding hydrogens is 384 g/mol. The monoisotopic (exact) mass is 416 g/mol. The van der Waals surface area contributed by atoms with Crippen LogP contribution in [0.25, 0.3) is 10.9 Å². The molecular formula is C26H32N4O. The zero-order valence-corrected chi connectivity index (χ0v) is 19.0. The van der Waals surface area contributed by atoms with E-state index in [0.717, 1.165) is 78.1 Å². The van der Waals surface area contributed by atoms with Crippen LogP contribution >= 0.6 is 0 Å². The van der Waals surface area contributed by atoms with Crippen LogP contribution in [0.15, 0.2) is 42.5 Å². The minimum Gasteiger partial charge on any atom is -0.372 e. The van der Waals surface area contributed by atoms with Crippen LogP contribution in [0.1, 0.15) is 48.0 Å². The van der Waals surface area contributed by atoms with Crippen molar-refractivity contribution in [2.24, 2.45) is 0 Å². The Bertz CT molecular complexity index is 1100. The van der Waals surface area contributed by atoms with Crippen molar-refractivity contribution in [2.75, 3.05) is 36.4 Å². The number of aryl methyl sites for hydroxylation is 1. The number of hydrogen-bond acceptors (Lipinski definition) is 4. The van der Waals surface area contributed by atoms with Gasteiger partial charge in [-0.1, -0.05) is 25.1 Å². The molecule has 1 aromatic heterocycles. The zero-order valence-electron chi connectivity index (χ0n) is 19.0. The predicted octanol–water partition coefficient (Wildman–Crippen LogP) is 5.02. The van der Waals surface area contributed by atoms with Gasteiger partial charge < -0.3 is 10.2 Å². The smallest absolute Gasteiger partial charge is 0.256 e. The van der Waals surface area contributed by atoms with E-state index in [-0.39, 0.29) is 5.91 Å². The topological polar surface area (TPSA) is 48.5 Å².